The predicted molar refractivity (Wildman–Crippen MR) is 231 cm³/mol. The van der Waals surface area contributed by atoms with Crippen LogP contribution < -0.4 is 0 Å². The molecule has 0 N–H and O–H groups in total. The van der Waals surface area contributed by atoms with E-state index in [4.69, 9.17) is 34.0 Å². The molecule has 2 aromatic heterocycles. The minimum Gasteiger partial charge on any atom is -0.379 e. The molecule has 318 valence electrons. The first-order valence-electron chi connectivity index (χ1n) is 20.6. The molecule has 0 bridgehead atoms. The Bertz CT molecular complexity index is 2380. The van der Waals surface area contributed by atoms with E-state index < -0.39 is 40.7 Å². The lowest BCUT2D eigenvalue weighted by Crippen LogP contribution is -2.62. The van der Waals surface area contributed by atoms with Crippen LogP contribution in [0.15, 0.2) is 156 Å². The first kappa shape index (κ1) is 43.7. The molecule has 13 nitrogen and oxygen atoms in total. The maximum atomic E-state index is 13.8. The average Bonchev–Trinajstić information content (AvgIpc) is 3.69. The Morgan fingerprint density at radius 1 is 0.689 bits per heavy atom. The molecule has 1 saturated heterocycles. The van der Waals surface area contributed by atoms with Crippen LogP contribution in [0.1, 0.15) is 41.6 Å². The van der Waals surface area contributed by atoms with Crippen molar-refractivity contribution in [2.24, 2.45) is 5.11 Å². The Kier molecular flexibility index (Phi) is 16.1. The number of pyridine rings is 1. The highest BCUT2D eigenvalue weighted by Gasteiger charge is 2.49. The maximum absolute atomic E-state index is 13.8. The maximum Gasteiger partial charge on any atom is 0.268 e. The van der Waals surface area contributed by atoms with Crippen LogP contribution in [0.3, 0.4) is 0 Å². The lowest BCUT2D eigenvalue weighted by molar-refractivity contribution is -0.328. The van der Waals surface area contributed by atoms with E-state index in [0.717, 1.165) is 47.0 Å². The molecule has 14 heteroatoms. The normalized spacial score (nSPS) is 19.1. The monoisotopic (exact) mass is 845 g/mol. The first-order valence-corrected chi connectivity index (χ1v) is 22.0. The summed E-state index contributed by atoms with van der Waals surface area (Å²) in [7, 11) is -3.86. The lowest BCUT2D eigenvalue weighted by atomic mass is 9.97. The Hall–Kier alpha value is -5.41. The van der Waals surface area contributed by atoms with Crippen LogP contribution in [0.2, 0.25) is 0 Å². The summed E-state index contributed by atoms with van der Waals surface area (Å²) in [4.78, 5) is 7.54. The number of nitrogens with zero attached hydrogens (tertiary/aromatic N) is 5. The Balaban J connectivity index is 1.17. The van der Waals surface area contributed by atoms with E-state index >= 15 is 0 Å². The van der Waals surface area contributed by atoms with Gasteiger partial charge in [-0.15, -0.1) is 0 Å². The summed E-state index contributed by atoms with van der Waals surface area (Å²) < 4.78 is 69.0. The fourth-order valence-corrected chi connectivity index (χ4v) is 8.74. The van der Waals surface area contributed by atoms with Crippen molar-refractivity contribution in [3.63, 3.8) is 0 Å². The van der Waals surface area contributed by atoms with Gasteiger partial charge < -0.3 is 28.4 Å². The molecule has 6 aromatic rings. The van der Waals surface area contributed by atoms with E-state index in [9.17, 15) is 8.42 Å². The number of unbranched alkanes of at least 4 members (excludes halogenated alkanes) is 2. The molecular formula is C47H51N5O8S. The average molecular weight is 846 g/mol. The van der Waals surface area contributed by atoms with E-state index in [0.29, 0.717) is 25.1 Å². The van der Waals surface area contributed by atoms with E-state index in [1.165, 1.54) is 3.97 Å². The van der Waals surface area contributed by atoms with Gasteiger partial charge in [-0.05, 0) is 71.8 Å². The highest BCUT2D eigenvalue weighted by Crippen LogP contribution is 2.32. The Labute approximate surface area is 356 Å². The molecule has 0 aliphatic carbocycles. The van der Waals surface area contributed by atoms with Crippen LogP contribution in [0.5, 0.6) is 0 Å². The number of fused-ring (bicyclic) bond motifs is 1. The van der Waals surface area contributed by atoms with Gasteiger partial charge in [0, 0.05) is 35.8 Å². The van der Waals surface area contributed by atoms with Crippen molar-refractivity contribution in [3.8, 4) is 0 Å². The first-order chi connectivity index (χ1) is 30.0. The highest BCUT2D eigenvalue weighted by atomic mass is 32.2. The van der Waals surface area contributed by atoms with Crippen molar-refractivity contribution in [2.45, 2.75) is 81.1 Å². The van der Waals surface area contributed by atoms with Crippen LogP contribution in [-0.2, 0) is 64.7 Å². The van der Waals surface area contributed by atoms with Crippen molar-refractivity contribution >= 4 is 20.9 Å². The van der Waals surface area contributed by atoms with Gasteiger partial charge in [-0.1, -0.05) is 115 Å². The number of rotatable bonds is 23. The molecule has 0 radical (unpaired) electrons. The summed E-state index contributed by atoms with van der Waals surface area (Å²) in [6.45, 7) is 2.01. The number of aromatic nitrogens is 2. The lowest BCUT2D eigenvalue weighted by Gasteiger charge is -2.45. The summed E-state index contributed by atoms with van der Waals surface area (Å²) in [5, 5.41) is 4.44. The minimum absolute atomic E-state index is 0.179. The molecule has 3 heterocycles. The second-order valence-electron chi connectivity index (χ2n) is 14.7. The number of ether oxygens (including phenoxy) is 6. The van der Waals surface area contributed by atoms with Crippen molar-refractivity contribution in [2.75, 3.05) is 26.4 Å². The summed E-state index contributed by atoms with van der Waals surface area (Å²) >= 11 is 0. The van der Waals surface area contributed by atoms with Crippen LogP contribution in [-0.4, -0.2) is 74.4 Å². The van der Waals surface area contributed by atoms with Crippen molar-refractivity contribution in [3.05, 3.63) is 179 Å². The van der Waals surface area contributed by atoms with E-state index in [1.807, 2.05) is 103 Å². The van der Waals surface area contributed by atoms with Gasteiger partial charge in [0.15, 0.2) is 6.29 Å². The molecule has 0 spiro atoms. The predicted octanol–water partition coefficient (Wildman–Crippen LogP) is 8.81. The molecule has 0 amide bonds. The molecule has 61 heavy (non-hydrogen) atoms. The molecule has 5 atom stereocenters. The highest BCUT2D eigenvalue weighted by molar-refractivity contribution is 7.90. The van der Waals surface area contributed by atoms with Gasteiger partial charge in [-0.3, -0.25) is 4.98 Å². The van der Waals surface area contributed by atoms with Crippen molar-refractivity contribution in [1.29, 1.82) is 0 Å². The zero-order chi connectivity index (χ0) is 42.1. The van der Waals surface area contributed by atoms with Gasteiger partial charge in [0.1, 0.15) is 24.4 Å². The molecule has 7 rings (SSSR count). The smallest absolute Gasteiger partial charge is 0.268 e. The number of para-hydroxylation sites is 1. The summed E-state index contributed by atoms with van der Waals surface area (Å²) in [6, 6.07) is 41.3. The van der Waals surface area contributed by atoms with Gasteiger partial charge in [0.05, 0.1) is 49.1 Å². The largest absolute Gasteiger partial charge is 0.379 e. The molecule has 4 aromatic carbocycles. The third-order valence-corrected chi connectivity index (χ3v) is 12.1. The quantitative estimate of drug-likeness (QED) is 0.0266. The second-order valence-corrected chi connectivity index (χ2v) is 16.5. The topological polar surface area (TPSA) is 156 Å². The zero-order valence-electron chi connectivity index (χ0n) is 33.9. The van der Waals surface area contributed by atoms with E-state index in [2.05, 4.69) is 15.0 Å². The molecule has 1 fully saturated rings. The Morgan fingerprint density at radius 2 is 1.34 bits per heavy atom. The summed E-state index contributed by atoms with van der Waals surface area (Å²) in [5.74, 6) is 0. The molecule has 0 saturated carbocycles. The van der Waals surface area contributed by atoms with E-state index in [-0.39, 0.29) is 37.9 Å². The van der Waals surface area contributed by atoms with Gasteiger partial charge in [0.25, 0.3) is 10.0 Å². The zero-order valence-corrected chi connectivity index (χ0v) is 34.7. The number of hydrogen-bond acceptors (Lipinski definition) is 10. The molecular weight excluding hydrogens is 795 g/mol. The van der Waals surface area contributed by atoms with Gasteiger partial charge in [-0.2, -0.15) is 0 Å². The number of benzene rings is 4. The van der Waals surface area contributed by atoms with Crippen LogP contribution in [0, 0.1) is 0 Å². The molecule has 1 aliphatic heterocycles. The van der Waals surface area contributed by atoms with Gasteiger partial charge >= 0.3 is 0 Å². The SMILES string of the molecule is [N-]=[N+]=NCCCCCOC[C@H]1O[C@@H](OCCc2cn(S(=O)(=O)c3ccccc3)c3ccccc23)[C@H](OCc2ccccc2)[C@@H](OCc2ccccc2)[C@@H]1OCc1ccccn1. The van der Waals surface area contributed by atoms with Gasteiger partial charge in [-0.25, -0.2) is 12.4 Å². The standard InChI is InChI=1S/C47H51N5O8S/c48-51-50-28-14-4-16-29-55-35-43-44(59-34-39-21-13-15-27-49-39)45(57-32-36-17-5-1-6-18-36)46(58-33-37-19-7-2-8-20-37)47(60-43)56-30-26-38-31-52(42-25-12-11-24-41(38)42)61(53,54)40-22-9-3-10-23-40/h1-3,5-13,15,17-25,27,31,43-47H,4,14,16,26,28-30,32-35H2/t43-,44-,45+,46-,47-/m1/s1. The fourth-order valence-electron chi connectivity index (χ4n) is 7.33. The summed E-state index contributed by atoms with van der Waals surface area (Å²) in [6.07, 6.45) is 2.54. The van der Waals surface area contributed by atoms with Crippen LogP contribution in [0.4, 0.5) is 0 Å². The Morgan fingerprint density at radius 3 is 2.05 bits per heavy atom. The summed E-state index contributed by atoms with van der Waals surface area (Å²) in [5.41, 5.74) is 12.7. The van der Waals surface area contributed by atoms with Crippen LogP contribution >= 0.6 is 0 Å². The second kappa shape index (κ2) is 22.4. The van der Waals surface area contributed by atoms with E-state index in [1.54, 1.807) is 42.7 Å². The molecule has 1 aliphatic rings. The number of hydrogen-bond donors (Lipinski definition) is 0. The fraction of sp³-hybridized carbons (Fsp3) is 0.340. The third-order valence-electron chi connectivity index (χ3n) is 10.4. The molecule has 0 unspecified atom stereocenters. The third kappa shape index (κ3) is 11.9. The van der Waals surface area contributed by atoms with Crippen LogP contribution in [0.25, 0.3) is 21.3 Å². The number of azide groups is 1. The van der Waals surface area contributed by atoms with Crippen molar-refractivity contribution in [1.82, 2.24) is 8.96 Å². The van der Waals surface area contributed by atoms with Crippen molar-refractivity contribution < 1.29 is 36.8 Å². The van der Waals surface area contributed by atoms with Gasteiger partial charge in [0.2, 0.25) is 0 Å². The minimum atomic E-state index is -3.86.